The lowest BCUT2D eigenvalue weighted by Gasteiger charge is -2.05. The molecule has 19 heavy (non-hydrogen) atoms. The monoisotopic (exact) mass is 261 g/mol. The molecule has 0 aliphatic rings. The normalized spacial score (nSPS) is 10.9. The predicted molar refractivity (Wildman–Crippen MR) is 74.9 cm³/mol. The van der Waals surface area contributed by atoms with E-state index in [1.165, 1.54) is 0 Å². The van der Waals surface area contributed by atoms with E-state index >= 15 is 0 Å². The van der Waals surface area contributed by atoms with E-state index in [9.17, 15) is 4.79 Å². The van der Waals surface area contributed by atoms with Gasteiger partial charge in [0.1, 0.15) is 5.75 Å². The minimum absolute atomic E-state index is 0.149. The van der Waals surface area contributed by atoms with Gasteiger partial charge in [0.05, 0.1) is 12.6 Å². The van der Waals surface area contributed by atoms with E-state index in [2.05, 4.69) is 4.57 Å². The number of ether oxygens (including phenoxy) is 1. The van der Waals surface area contributed by atoms with Crippen LogP contribution in [0.15, 0.2) is 12.1 Å². The highest BCUT2D eigenvalue weighted by Crippen LogP contribution is 2.32. The number of carbonyl (C=O) groups is 1. The summed E-state index contributed by atoms with van der Waals surface area (Å²) in [5.41, 5.74) is 4.51. The van der Waals surface area contributed by atoms with Crippen LogP contribution in [0.25, 0.3) is 10.9 Å². The number of carboxylic acid groups (broad SMARTS) is 1. The number of carboxylic acids is 1. The highest BCUT2D eigenvalue weighted by atomic mass is 16.5. The van der Waals surface area contributed by atoms with Crippen molar-refractivity contribution in [1.29, 1.82) is 0 Å². The maximum Gasteiger partial charge on any atom is 0.303 e. The van der Waals surface area contributed by atoms with Crippen LogP contribution in [0.1, 0.15) is 23.2 Å². The number of rotatable bonds is 4. The largest absolute Gasteiger partial charge is 0.497 e. The fraction of sp³-hybridized carbons (Fsp3) is 0.400. The molecule has 1 heterocycles. The van der Waals surface area contributed by atoms with Crippen LogP contribution in [-0.2, 0) is 18.3 Å². The van der Waals surface area contributed by atoms with Crippen LogP contribution in [0.2, 0.25) is 0 Å². The second kappa shape index (κ2) is 4.96. The number of hydrogen-bond donors (Lipinski definition) is 1. The smallest absolute Gasteiger partial charge is 0.303 e. The molecule has 1 aromatic heterocycles. The average molecular weight is 261 g/mol. The lowest BCUT2D eigenvalue weighted by atomic mass is 10.0. The molecular formula is C15H19NO3. The third-order valence-electron chi connectivity index (χ3n) is 3.70. The molecule has 4 heteroatoms. The second-order valence-corrected chi connectivity index (χ2v) is 4.86. The summed E-state index contributed by atoms with van der Waals surface area (Å²) in [6.07, 6.45) is 0.696. The van der Waals surface area contributed by atoms with E-state index in [-0.39, 0.29) is 6.42 Å². The molecular weight excluding hydrogens is 242 g/mol. The molecule has 0 saturated heterocycles. The van der Waals surface area contributed by atoms with E-state index in [0.29, 0.717) is 6.42 Å². The summed E-state index contributed by atoms with van der Waals surface area (Å²) in [6, 6.07) is 4.00. The minimum Gasteiger partial charge on any atom is -0.497 e. The Morgan fingerprint density at radius 1 is 1.37 bits per heavy atom. The third kappa shape index (κ3) is 2.30. The van der Waals surface area contributed by atoms with E-state index < -0.39 is 5.97 Å². The van der Waals surface area contributed by atoms with Crippen LogP contribution in [0.3, 0.4) is 0 Å². The van der Waals surface area contributed by atoms with Gasteiger partial charge in [0, 0.05) is 24.5 Å². The first kappa shape index (κ1) is 13.5. The SMILES string of the molecule is COc1cc(C)c2c(c1)c(CCC(=O)O)c(C)n2C. The van der Waals surface area contributed by atoms with Gasteiger partial charge in [-0.15, -0.1) is 0 Å². The molecule has 0 spiro atoms. The second-order valence-electron chi connectivity index (χ2n) is 4.86. The van der Waals surface area contributed by atoms with Gasteiger partial charge >= 0.3 is 5.97 Å². The number of aliphatic carboxylic acids is 1. The van der Waals surface area contributed by atoms with Crippen LogP contribution in [0, 0.1) is 13.8 Å². The first-order chi connectivity index (χ1) is 8.95. The molecule has 2 aromatic rings. The molecule has 1 aromatic carbocycles. The summed E-state index contributed by atoms with van der Waals surface area (Å²) in [5, 5.41) is 9.96. The van der Waals surface area contributed by atoms with Crippen molar-refractivity contribution in [2.75, 3.05) is 7.11 Å². The first-order valence-corrected chi connectivity index (χ1v) is 6.30. The Labute approximate surface area is 112 Å². The molecule has 102 valence electrons. The fourth-order valence-electron chi connectivity index (χ4n) is 2.65. The van der Waals surface area contributed by atoms with Crippen molar-refractivity contribution in [3.63, 3.8) is 0 Å². The van der Waals surface area contributed by atoms with Gasteiger partial charge in [-0.3, -0.25) is 4.79 Å². The van der Waals surface area contributed by atoms with Crippen molar-refractivity contribution in [1.82, 2.24) is 4.57 Å². The topological polar surface area (TPSA) is 51.5 Å². The van der Waals surface area contributed by atoms with Crippen LogP contribution < -0.4 is 4.74 Å². The van der Waals surface area contributed by atoms with Crippen molar-refractivity contribution >= 4 is 16.9 Å². The number of fused-ring (bicyclic) bond motifs is 1. The summed E-state index contributed by atoms with van der Waals surface area (Å²) < 4.78 is 7.43. The van der Waals surface area contributed by atoms with Gasteiger partial charge < -0.3 is 14.4 Å². The summed E-state index contributed by atoms with van der Waals surface area (Å²) in [6.45, 7) is 4.08. The number of aromatic nitrogens is 1. The number of hydrogen-bond acceptors (Lipinski definition) is 2. The van der Waals surface area contributed by atoms with Gasteiger partial charge in [-0.1, -0.05) is 0 Å². The van der Waals surface area contributed by atoms with E-state index in [0.717, 1.165) is 33.5 Å². The standard InChI is InChI=1S/C15H19NO3/c1-9-7-11(19-4)8-13-12(5-6-14(17)18)10(2)16(3)15(9)13/h7-8H,5-6H2,1-4H3,(H,17,18). The lowest BCUT2D eigenvalue weighted by molar-refractivity contribution is -0.136. The van der Waals surface area contributed by atoms with Gasteiger partial charge in [-0.25, -0.2) is 0 Å². The minimum atomic E-state index is -0.768. The fourth-order valence-corrected chi connectivity index (χ4v) is 2.65. The van der Waals surface area contributed by atoms with Crippen molar-refractivity contribution in [3.05, 3.63) is 29.0 Å². The Morgan fingerprint density at radius 2 is 2.05 bits per heavy atom. The first-order valence-electron chi connectivity index (χ1n) is 6.30. The summed E-state index contributed by atoms with van der Waals surface area (Å²) in [5.74, 6) is 0.0446. The molecule has 0 atom stereocenters. The van der Waals surface area contributed by atoms with Gasteiger partial charge in [0.15, 0.2) is 0 Å². The van der Waals surface area contributed by atoms with Crippen LogP contribution in [0.4, 0.5) is 0 Å². The molecule has 0 saturated carbocycles. The third-order valence-corrected chi connectivity index (χ3v) is 3.70. The molecule has 0 bridgehead atoms. The maximum atomic E-state index is 10.8. The Balaban J connectivity index is 2.64. The van der Waals surface area contributed by atoms with E-state index in [1.807, 2.05) is 33.0 Å². The van der Waals surface area contributed by atoms with E-state index in [4.69, 9.17) is 9.84 Å². The van der Waals surface area contributed by atoms with Crippen LogP contribution in [0.5, 0.6) is 5.75 Å². The number of aryl methyl sites for hydroxylation is 3. The predicted octanol–water partition coefficient (Wildman–Crippen LogP) is 2.82. The van der Waals surface area contributed by atoms with Crippen LogP contribution in [-0.4, -0.2) is 22.8 Å². The Bertz CT molecular complexity index is 641. The molecule has 2 rings (SSSR count). The van der Waals surface area contributed by atoms with Gasteiger partial charge in [-0.2, -0.15) is 0 Å². The van der Waals surface area contributed by atoms with Gasteiger partial charge in [0.2, 0.25) is 0 Å². The molecule has 4 nitrogen and oxygen atoms in total. The zero-order valence-corrected chi connectivity index (χ0v) is 11.8. The highest BCUT2D eigenvalue weighted by Gasteiger charge is 2.15. The Kier molecular flexibility index (Phi) is 3.51. The van der Waals surface area contributed by atoms with Crippen molar-refractivity contribution < 1.29 is 14.6 Å². The Morgan fingerprint density at radius 3 is 2.63 bits per heavy atom. The summed E-state index contributed by atoms with van der Waals surface area (Å²) >= 11 is 0. The van der Waals surface area contributed by atoms with Crippen molar-refractivity contribution in [2.45, 2.75) is 26.7 Å². The number of benzene rings is 1. The molecule has 0 fully saturated rings. The lowest BCUT2D eigenvalue weighted by Crippen LogP contribution is -1.99. The van der Waals surface area contributed by atoms with Gasteiger partial charge in [-0.05, 0) is 43.5 Å². The Hall–Kier alpha value is -1.97. The number of nitrogens with zero attached hydrogens (tertiary/aromatic N) is 1. The molecule has 0 unspecified atom stereocenters. The maximum absolute atomic E-state index is 10.8. The zero-order valence-electron chi connectivity index (χ0n) is 11.8. The molecule has 0 amide bonds. The van der Waals surface area contributed by atoms with E-state index in [1.54, 1.807) is 7.11 Å². The zero-order chi connectivity index (χ0) is 14.2. The average Bonchev–Trinajstić information content (AvgIpc) is 2.60. The summed E-state index contributed by atoms with van der Waals surface area (Å²) in [7, 11) is 3.66. The molecule has 0 radical (unpaired) electrons. The summed E-state index contributed by atoms with van der Waals surface area (Å²) in [4.78, 5) is 10.8. The number of methoxy groups -OCH3 is 1. The van der Waals surface area contributed by atoms with Crippen molar-refractivity contribution in [2.24, 2.45) is 7.05 Å². The quantitative estimate of drug-likeness (QED) is 0.920. The highest BCUT2D eigenvalue weighted by molar-refractivity contribution is 5.89. The molecule has 0 aliphatic heterocycles. The molecule has 1 N–H and O–H groups in total. The van der Waals surface area contributed by atoms with Gasteiger partial charge in [0.25, 0.3) is 0 Å². The molecule has 0 aliphatic carbocycles. The van der Waals surface area contributed by atoms with Crippen LogP contribution >= 0.6 is 0 Å². The van der Waals surface area contributed by atoms with Crippen molar-refractivity contribution in [3.8, 4) is 5.75 Å².